The van der Waals surface area contributed by atoms with Crippen molar-refractivity contribution in [1.82, 2.24) is 0 Å². The Morgan fingerprint density at radius 2 is 1.83 bits per heavy atom. The Bertz CT molecular complexity index is 512. The first-order chi connectivity index (χ1) is 8.08. The zero-order valence-electron chi connectivity index (χ0n) is 8.65. The van der Waals surface area contributed by atoms with Crippen molar-refractivity contribution < 1.29 is 34.7 Å². The highest BCUT2D eigenvalue weighted by molar-refractivity contribution is 7.80. The molecule has 0 bridgehead atoms. The molecule has 0 heterocycles. The van der Waals surface area contributed by atoms with Crippen molar-refractivity contribution in [3.8, 4) is 0 Å². The molecule has 1 atom stereocenters. The molecule has 0 aliphatic rings. The number of halogens is 4. The van der Waals surface area contributed by atoms with Gasteiger partial charge in [0.2, 0.25) is 10.4 Å². The van der Waals surface area contributed by atoms with E-state index >= 15 is 0 Å². The molecule has 1 aromatic rings. The van der Waals surface area contributed by atoms with Crippen molar-refractivity contribution in [2.75, 3.05) is 0 Å². The molecule has 0 radical (unpaired) electrons. The standard InChI is InChI=1S/C9H8F4O4S/c10-7-4-2-1-3-6(7)8(5-9(11,12)13)17-18(14,15)16/h1-4,8H,5H2,(H,14,15,16)/p-1. The summed E-state index contributed by atoms with van der Waals surface area (Å²) in [5, 5.41) is 0. The molecule has 1 aromatic carbocycles. The van der Waals surface area contributed by atoms with Gasteiger partial charge in [-0.3, -0.25) is 4.18 Å². The van der Waals surface area contributed by atoms with Gasteiger partial charge in [-0.05, 0) is 6.07 Å². The molecule has 0 aliphatic carbocycles. The molecule has 0 amide bonds. The molecule has 9 heteroatoms. The fraction of sp³-hybridized carbons (Fsp3) is 0.333. The number of rotatable bonds is 4. The Balaban J connectivity index is 3.09. The minimum atomic E-state index is -5.38. The van der Waals surface area contributed by atoms with Crippen LogP contribution in [-0.2, 0) is 14.6 Å². The lowest BCUT2D eigenvalue weighted by atomic mass is 10.1. The Morgan fingerprint density at radius 1 is 1.28 bits per heavy atom. The molecular weight excluding hydrogens is 280 g/mol. The highest BCUT2D eigenvalue weighted by Gasteiger charge is 2.35. The largest absolute Gasteiger partial charge is 0.726 e. The van der Waals surface area contributed by atoms with Crippen LogP contribution in [0.15, 0.2) is 24.3 Å². The molecular formula is C9H7F4O4S-. The van der Waals surface area contributed by atoms with Gasteiger partial charge in [-0.1, -0.05) is 18.2 Å². The van der Waals surface area contributed by atoms with E-state index in [0.29, 0.717) is 0 Å². The number of alkyl halides is 3. The monoisotopic (exact) mass is 287 g/mol. The fourth-order valence-electron chi connectivity index (χ4n) is 1.28. The maximum Gasteiger partial charge on any atom is 0.391 e. The van der Waals surface area contributed by atoms with E-state index in [2.05, 4.69) is 4.18 Å². The molecule has 0 spiro atoms. The van der Waals surface area contributed by atoms with E-state index in [9.17, 15) is 30.5 Å². The molecule has 102 valence electrons. The van der Waals surface area contributed by atoms with Crippen molar-refractivity contribution in [1.29, 1.82) is 0 Å². The first kappa shape index (κ1) is 14.9. The van der Waals surface area contributed by atoms with Gasteiger partial charge < -0.3 is 4.55 Å². The number of hydrogen-bond donors (Lipinski definition) is 0. The van der Waals surface area contributed by atoms with Crippen molar-refractivity contribution in [3.63, 3.8) is 0 Å². The summed E-state index contributed by atoms with van der Waals surface area (Å²) in [6.45, 7) is 0. The maximum absolute atomic E-state index is 13.2. The maximum atomic E-state index is 13.2. The van der Waals surface area contributed by atoms with Crippen molar-refractivity contribution in [2.45, 2.75) is 18.7 Å². The fourth-order valence-corrected chi connectivity index (χ4v) is 1.74. The van der Waals surface area contributed by atoms with Gasteiger partial charge in [-0.15, -0.1) is 0 Å². The summed E-state index contributed by atoms with van der Waals surface area (Å²) in [7, 11) is -5.38. The predicted molar refractivity (Wildman–Crippen MR) is 50.6 cm³/mol. The third kappa shape index (κ3) is 4.98. The third-order valence-corrected chi connectivity index (χ3v) is 2.37. The van der Waals surface area contributed by atoms with E-state index in [4.69, 9.17) is 0 Å². The van der Waals surface area contributed by atoms with E-state index in [1.54, 1.807) is 0 Å². The van der Waals surface area contributed by atoms with Crippen LogP contribution < -0.4 is 0 Å². The van der Waals surface area contributed by atoms with Crippen LogP contribution in [0.4, 0.5) is 17.6 Å². The van der Waals surface area contributed by atoms with Gasteiger partial charge in [0.1, 0.15) is 11.9 Å². The van der Waals surface area contributed by atoms with Crippen LogP contribution in [0.1, 0.15) is 18.1 Å². The topological polar surface area (TPSA) is 66.4 Å². The van der Waals surface area contributed by atoms with Gasteiger partial charge >= 0.3 is 6.18 Å². The summed E-state index contributed by atoms with van der Waals surface area (Å²) in [5.74, 6) is -1.09. The Hall–Kier alpha value is -1.19. The van der Waals surface area contributed by atoms with E-state index in [1.165, 1.54) is 12.1 Å². The summed E-state index contributed by atoms with van der Waals surface area (Å²) in [4.78, 5) is 0. The van der Waals surface area contributed by atoms with Crippen molar-refractivity contribution in [3.05, 3.63) is 35.6 Å². The van der Waals surface area contributed by atoms with Crippen molar-refractivity contribution in [2.24, 2.45) is 0 Å². The van der Waals surface area contributed by atoms with Crippen LogP contribution in [0.25, 0.3) is 0 Å². The lowest BCUT2D eigenvalue weighted by Crippen LogP contribution is -2.20. The first-order valence-corrected chi connectivity index (χ1v) is 5.87. The average Bonchev–Trinajstić information content (AvgIpc) is 2.12. The summed E-state index contributed by atoms with van der Waals surface area (Å²) in [6.07, 6.45) is -8.82. The quantitative estimate of drug-likeness (QED) is 0.484. The molecule has 1 rings (SSSR count). The minimum absolute atomic E-state index is 0.644. The molecule has 1 unspecified atom stereocenters. The molecule has 0 fully saturated rings. The van der Waals surface area contributed by atoms with Crippen molar-refractivity contribution >= 4 is 10.4 Å². The lowest BCUT2D eigenvalue weighted by Gasteiger charge is -2.21. The molecule has 0 saturated carbocycles. The van der Waals surface area contributed by atoms with Crippen LogP contribution in [0, 0.1) is 5.82 Å². The lowest BCUT2D eigenvalue weighted by molar-refractivity contribution is -0.151. The molecule has 0 aromatic heterocycles. The second kappa shape index (κ2) is 5.21. The molecule has 0 N–H and O–H groups in total. The summed E-state index contributed by atoms with van der Waals surface area (Å²) in [5.41, 5.74) is -0.644. The third-order valence-electron chi connectivity index (χ3n) is 1.90. The van der Waals surface area contributed by atoms with Gasteiger partial charge in [0, 0.05) is 5.56 Å². The van der Waals surface area contributed by atoms with Gasteiger partial charge in [0.15, 0.2) is 0 Å². The van der Waals surface area contributed by atoms with Crippen LogP contribution in [0.2, 0.25) is 0 Å². The summed E-state index contributed by atoms with van der Waals surface area (Å²) in [6, 6.07) is 4.15. The van der Waals surface area contributed by atoms with E-state index < -0.39 is 40.5 Å². The average molecular weight is 287 g/mol. The van der Waals surface area contributed by atoms with E-state index in [1.807, 2.05) is 0 Å². The molecule has 0 aliphatic heterocycles. The van der Waals surface area contributed by atoms with Crippen LogP contribution in [0.5, 0.6) is 0 Å². The Morgan fingerprint density at radius 3 is 2.28 bits per heavy atom. The van der Waals surface area contributed by atoms with Gasteiger partial charge in [0.05, 0.1) is 6.42 Å². The summed E-state index contributed by atoms with van der Waals surface area (Å²) >= 11 is 0. The number of benzene rings is 1. The highest BCUT2D eigenvalue weighted by atomic mass is 32.3. The highest BCUT2D eigenvalue weighted by Crippen LogP contribution is 2.34. The first-order valence-electron chi connectivity index (χ1n) is 4.54. The second-order valence-corrected chi connectivity index (χ2v) is 4.34. The van der Waals surface area contributed by atoms with Gasteiger partial charge in [0.25, 0.3) is 0 Å². The number of hydrogen-bond acceptors (Lipinski definition) is 4. The summed E-state index contributed by atoms with van der Waals surface area (Å²) < 4.78 is 84.6. The Labute approximate surface area is 100 Å². The smallest absolute Gasteiger partial charge is 0.391 e. The van der Waals surface area contributed by atoms with E-state index in [-0.39, 0.29) is 0 Å². The van der Waals surface area contributed by atoms with Gasteiger partial charge in [-0.2, -0.15) is 13.2 Å². The predicted octanol–water partition coefficient (Wildman–Crippen LogP) is 2.30. The van der Waals surface area contributed by atoms with Crippen LogP contribution >= 0.6 is 0 Å². The zero-order valence-corrected chi connectivity index (χ0v) is 9.46. The second-order valence-electron chi connectivity index (χ2n) is 3.33. The van der Waals surface area contributed by atoms with Gasteiger partial charge in [-0.25, -0.2) is 12.8 Å². The normalized spacial score (nSPS) is 14.5. The van der Waals surface area contributed by atoms with Crippen LogP contribution in [0.3, 0.4) is 0 Å². The zero-order chi connectivity index (χ0) is 14.0. The van der Waals surface area contributed by atoms with E-state index in [0.717, 1.165) is 12.1 Å². The van der Waals surface area contributed by atoms with Crippen LogP contribution in [-0.4, -0.2) is 19.1 Å². The minimum Gasteiger partial charge on any atom is -0.726 e. The molecule has 0 saturated heterocycles. The Kier molecular flexibility index (Phi) is 4.30. The SMILES string of the molecule is O=S(=O)([O-])OC(CC(F)(F)F)c1ccccc1F. The molecule has 4 nitrogen and oxygen atoms in total. The molecule has 18 heavy (non-hydrogen) atoms.